The van der Waals surface area contributed by atoms with Gasteiger partial charge in [0, 0.05) is 12.2 Å². The molecule has 0 radical (unpaired) electrons. The Labute approximate surface area is 210 Å². The number of amides is 3. The van der Waals surface area contributed by atoms with Crippen LogP contribution in [0.3, 0.4) is 0 Å². The SMILES string of the molecule is CCc1cccc(CC)c1NC(=O)COC(=O)c1ccc2c(c1)C(=O)N(CCc1ccccc1)C2=O. The van der Waals surface area contributed by atoms with Gasteiger partial charge in [-0.1, -0.05) is 62.4 Å². The largest absolute Gasteiger partial charge is 0.452 e. The zero-order chi connectivity index (χ0) is 25.7. The highest BCUT2D eigenvalue weighted by Gasteiger charge is 2.35. The van der Waals surface area contributed by atoms with Crippen LogP contribution in [0.4, 0.5) is 5.69 Å². The van der Waals surface area contributed by atoms with Crippen LogP contribution in [0, 0.1) is 0 Å². The number of nitrogens with zero attached hydrogens (tertiary/aromatic N) is 1. The fraction of sp³-hybridized carbons (Fsp3) is 0.241. The van der Waals surface area contributed by atoms with Gasteiger partial charge in [0.25, 0.3) is 17.7 Å². The minimum absolute atomic E-state index is 0.107. The standard InChI is InChI=1S/C29H28N2O5/c1-3-20-11-8-12-21(4-2)26(20)30-25(32)18-36-29(35)22-13-14-23-24(17-22)28(34)31(27(23)33)16-15-19-9-6-5-7-10-19/h5-14,17H,3-4,15-16,18H2,1-2H3,(H,30,32). The van der Waals surface area contributed by atoms with Crippen LogP contribution >= 0.6 is 0 Å². The second kappa shape index (κ2) is 11.0. The molecule has 1 aliphatic heterocycles. The molecule has 3 aromatic carbocycles. The molecule has 0 fully saturated rings. The number of ether oxygens (including phenoxy) is 1. The van der Waals surface area contributed by atoms with Crippen molar-refractivity contribution in [2.75, 3.05) is 18.5 Å². The molecule has 0 atom stereocenters. The molecule has 0 bridgehead atoms. The third-order valence-electron chi connectivity index (χ3n) is 6.27. The van der Waals surface area contributed by atoms with Gasteiger partial charge >= 0.3 is 5.97 Å². The molecule has 1 heterocycles. The fourth-order valence-corrected chi connectivity index (χ4v) is 4.30. The van der Waals surface area contributed by atoms with Gasteiger partial charge in [0.15, 0.2) is 6.61 Å². The number of nitrogens with one attached hydrogen (secondary N) is 1. The second-order valence-electron chi connectivity index (χ2n) is 8.54. The molecule has 4 rings (SSSR count). The van der Waals surface area contributed by atoms with E-state index in [2.05, 4.69) is 5.32 Å². The molecule has 0 aliphatic carbocycles. The predicted molar refractivity (Wildman–Crippen MR) is 136 cm³/mol. The van der Waals surface area contributed by atoms with Gasteiger partial charge < -0.3 is 10.1 Å². The molecule has 0 saturated heterocycles. The maximum absolute atomic E-state index is 12.9. The van der Waals surface area contributed by atoms with E-state index < -0.39 is 24.4 Å². The lowest BCUT2D eigenvalue weighted by Gasteiger charge is -2.14. The Bertz CT molecular complexity index is 1290. The van der Waals surface area contributed by atoms with Crippen LogP contribution in [0.5, 0.6) is 0 Å². The molecule has 3 aromatic rings. The number of hydrogen-bond acceptors (Lipinski definition) is 5. The van der Waals surface area contributed by atoms with Gasteiger partial charge in [-0.2, -0.15) is 0 Å². The minimum Gasteiger partial charge on any atom is -0.452 e. The van der Waals surface area contributed by atoms with Crippen molar-refractivity contribution in [3.05, 3.63) is 100 Å². The van der Waals surface area contributed by atoms with Crippen molar-refractivity contribution < 1.29 is 23.9 Å². The fourth-order valence-electron chi connectivity index (χ4n) is 4.30. The number of fused-ring (bicyclic) bond motifs is 1. The Morgan fingerprint density at radius 3 is 2.17 bits per heavy atom. The Balaban J connectivity index is 1.39. The first-order valence-electron chi connectivity index (χ1n) is 12.0. The molecule has 7 nitrogen and oxygen atoms in total. The summed E-state index contributed by atoms with van der Waals surface area (Å²) in [5, 5.41) is 2.85. The number of carbonyl (C=O) groups excluding carboxylic acids is 4. The maximum atomic E-state index is 12.9. The van der Waals surface area contributed by atoms with E-state index in [-0.39, 0.29) is 29.1 Å². The van der Waals surface area contributed by atoms with Crippen LogP contribution in [-0.2, 0) is 28.8 Å². The second-order valence-corrected chi connectivity index (χ2v) is 8.54. The summed E-state index contributed by atoms with van der Waals surface area (Å²) in [6, 6.07) is 19.7. The van der Waals surface area contributed by atoms with Gasteiger partial charge in [0.05, 0.1) is 16.7 Å². The Morgan fingerprint density at radius 1 is 0.833 bits per heavy atom. The summed E-state index contributed by atoms with van der Waals surface area (Å²) in [7, 11) is 0. The van der Waals surface area contributed by atoms with Gasteiger partial charge in [-0.15, -0.1) is 0 Å². The topological polar surface area (TPSA) is 92.8 Å². The van der Waals surface area contributed by atoms with E-state index in [0.717, 1.165) is 35.2 Å². The van der Waals surface area contributed by atoms with E-state index >= 15 is 0 Å². The van der Waals surface area contributed by atoms with Gasteiger partial charge in [-0.25, -0.2) is 4.79 Å². The molecule has 1 aliphatic rings. The first-order valence-corrected chi connectivity index (χ1v) is 12.0. The van der Waals surface area contributed by atoms with Crippen molar-refractivity contribution in [3.8, 4) is 0 Å². The highest BCUT2D eigenvalue weighted by molar-refractivity contribution is 6.22. The molecule has 184 valence electrons. The number of carbonyl (C=O) groups is 4. The first kappa shape index (κ1) is 24.9. The van der Waals surface area contributed by atoms with Crippen molar-refractivity contribution >= 4 is 29.4 Å². The lowest BCUT2D eigenvalue weighted by atomic mass is 10.0. The molecule has 36 heavy (non-hydrogen) atoms. The first-order chi connectivity index (χ1) is 17.4. The average Bonchev–Trinajstić information content (AvgIpc) is 3.15. The van der Waals surface area contributed by atoms with Gasteiger partial charge in [0.1, 0.15) is 0 Å². The Kier molecular flexibility index (Phi) is 7.59. The minimum atomic E-state index is -0.740. The number of hydrogen-bond donors (Lipinski definition) is 1. The summed E-state index contributed by atoms with van der Waals surface area (Å²) in [5.41, 5.74) is 4.31. The van der Waals surface area contributed by atoms with E-state index in [9.17, 15) is 19.2 Å². The number of anilines is 1. The highest BCUT2D eigenvalue weighted by atomic mass is 16.5. The summed E-state index contributed by atoms with van der Waals surface area (Å²) in [6.45, 7) is 3.79. The number of rotatable bonds is 9. The summed E-state index contributed by atoms with van der Waals surface area (Å²) in [4.78, 5) is 51.9. The van der Waals surface area contributed by atoms with Crippen molar-refractivity contribution in [2.24, 2.45) is 0 Å². The van der Waals surface area contributed by atoms with Crippen LogP contribution in [0.1, 0.15) is 61.6 Å². The number of benzene rings is 3. The van der Waals surface area contributed by atoms with Crippen LogP contribution in [0.25, 0.3) is 0 Å². The van der Waals surface area contributed by atoms with Crippen molar-refractivity contribution in [1.82, 2.24) is 4.90 Å². The molecular formula is C29H28N2O5. The third-order valence-corrected chi connectivity index (χ3v) is 6.27. The quantitative estimate of drug-likeness (QED) is 0.358. The third kappa shape index (κ3) is 5.20. The van der Waals surface area contributed by atoms with Gasteiger partial charge in [-0.05, 0) is 54.2 Å². The number of esters is 1. The molecule has 1 N–H and O–H groups in total. The van der Waals surface area contributed by atoms with E-state index in [4.69, 9.17) is 4.74 Å². The molecule has 3 amide bonds. The van der Waals surface area contributed by atoms with E-state index in [1.165, 1.54) is 23.1 Å². The Hall–Kier alpha value is -4.26. The van der Waals surface area contributed by atoms with Crippen LogP contribution in [0.2, 0.25) is 0 Å². The molecule has 0 spiro atoms. The molecule has 7 heteroatoms. The predicted octanol–water partition coefficient (Wildman–Crippen LogP) is 4.45. The molecule has 0 unspecified atom stereocenters. The molecular weight excluding hydrogens is 456 g/mol. The summed E-state index contributed by atoms with van der Waals surface area (Å²) in [6.07, 6.45) is 2.05. The number of para-hydroxylation sites is 1. The van der Waals surface area contributed by atoms with Crippen LogP contribution < -0.4 is 5.32 Å². The molecule has 0 saturated carbocycles. The smallest absolute Gasteiger partial charge is 0.338 e. The summed E-state index contributed by atoms with van der Waals surface area (Å²) >= 11 is 0. The van der Waals surface area contributed by atoms with Crippen molar-refractivity contribution in [2.45, 2.75) is 33.1 Å². The van der Waals surface area contributed by atoms with E-state index in [0.29, 0.717) is 6.42 Å². The van der Waals surface area contributed by atoms with Crippen LogP contribution in [0.15, 0.2) is 66.7 Å². The van der Waals surface area contributed by atoms with E-state index in [1.54, 1.807) is 0 Å². The molecule has 0 aromatic heterocycles. The van der Waals surface area contributed by atoms with Crippen molar-refractivity contribution in [1.29, 1.82) is 0 Å². The number of imide groups is 1. The van der Waals surface area contributed by atoms with E-state index in [1.807, 2.05) is 62.4 Å². The lowest BCUT2D eigenvalue weighted by Crippen LogP contribution is -2.31. The lowest BCUT2D eigenvalue weighted by molar-refractivity contribution is -0.119. The summed E-state index contributed by atoms with van der Waals surface area (Å²) < 4.78 is 5.20. The van der Waals surface area contributed by atoms with Gasteiger partial charge in [0.2, 0.25) is 0 Å². The monoisotopic (exact) mass is 484 g/mol. The normalized spacial score (nSPS) is 12.4. The maximum Gasteiger partial charge on any atom is 0.338 e. The number of aryl methyl sites for hydroxylation is 2. The van der Waals surface area contributed by atoms with Crippen molar-refractivity contribution in [3.63, 3.8) is 0 Å². The highest BCUT2D eigenvalue weighted by Crippen LogP contribution is 2.25. The zero-order valence-electron chi connectivity index (χ0n) is 20.4. The van der Waals surface area contributed by atoms with Crippen LogP contribution in [-0.4, -0.2) is 41.7 Å². The Morgan fingerprint density at radius 2 is 1.50 bits per heavy atom. The zero-order valence-corrected chi connectivity index (χ0v) is 20.4. The van der Waals surface area contributed by atoms with Gasteiger partial charge in [-0.3, -0.25) is 19.3 Å². The summed E-state index contributed by atoms with van der Waals surface area (Å²) in [5.74, 6) is -2.01. The average molecular weight is 485 g/mol.